The van der Waals surface area contributed by atoms with Gasteiger partial charge in [-0.05, 0) is 25.7 Å². The molecule has 17 heavy (non-hydrogen) atoms. The van der Waals surface area contributed by atoms with Crippen molar-refractivity contribution in [1.82, 2.24) is 10.3 Å². The summed E-state index contributed by atoms with van der Waals surface area (Å²) in [5, 5.41) is 9.73. The minimum atomic E-state index is -0.338. The van der Waals surface area contributed by atoms with E-state index in [1.165, 1.54) is 0 Å². The van der Waals surface area contributed by atoms with Gasteiger partial charge in [-0.2, -0.15) is 0 Å². The number of nitrogens with zero attached hydrogens (tertiary/aromatic N) is 1. The van der Waals surface area contributed by atoms with E-state index in [-0.39, 0.29) is 30.1 Å². The molecule has 98 valence electrons. The zero-order valence-electron chi connectivity index (χ0n) is 10.1. The number of carbonyl (C=O) groups is 1. The van der Waals surface area contributed by atoms with E-state index < -0.39 is 0 Å². The maximum Gasteiger partial charge on any atom is 0.253 e. The van der Waals surface area contributed by atoms with Crippen LogP contribution in [-0.2, 0) is 9.53 Å². The first kappa shape index (κ1) is 12.8. The number of hydrogen-bond donors (Lipinski definition) is 3. The molecule has 2 rings (SSSR count). The molecule has 0 radical (unpaired) electrons. The summed E-state index contributed by atoms with van der Waals surface area (Å²) in [6, 6.07) is 0.220. The highest BCUT2D eigenvalue weighted by Crippen LogP contribution is 2.37. The van der Waals surface area contributed by atoms with E-state index in [9.17, 15) is 9.90 Å². The zero-order chi connectivity index (χ0) is 12.4. The Hall–Kier alpha value is -0.690. The van der Waals surface area contributed by atoms with Crippen LogP contribution in [0.5, 0.6) is 0 Å². The van der Waals surface area contributed by atoms with Crippen molar-refractivity contribution in [3.8, 4) is 0 Å². The Balaban J connectivity index is 2.11. The van der Waals surface area contributed by atoms with Crippen molar-refractivity contribution in [2.75, 3.05) is 13.7 Å². The van der Waals surface area contributed by atoms with Crippen molar-refractivity contribution in [1.29, 1.82) is 0 Å². The second kappa shape index (κ2) is 5.30. The van der Waals surface area contributed by atoms with Gasteiger partial charge in [0.05, 0.1) is 12.7 Å². The van der Waals surface area contributed by atoms with E-state index in [0.717, 1.165) is 25.7 Å². The molecule has 0 spiro atoms. The average Bonchev–Trinajstić information content (AvgIpc) is 2.57. The number of ether oxygens (including phenoxy) is 1. The molecule has 2 heterocycles. The summed E-state index contributed by atoms with van der Waals surface area (Å²) in [7, 11) is 1.58. The molecule has 0 aliphatic carbocycles. The van der Waals surface area contributed by atoms with Crippen molar-refractivity contribution in [3.63, 3.8) is 0 Å². The normalized spacial score (nSPS) is 34.6. The van der Waals surface area contributed by atoms with E-state index >= 15 is 0 Å². The lowest BCUT2D eigenvalue weighted by Crippen LogP contribution is -2.58. The molecule has 6 nitrogen and oxygen atoms in total. The average molecular weight is 243 g/mol. The van der Waals surface area contributed by atoms with Gasteiger partial charge in [-0.3, -0.25) is 15.1 Å². The fourth-order valence-electron chi connectivity index (χ4n) is 3.24. The fraction of sp³-hybridized carbons (Fsp3) is 0.909. The summed E-state index contributed by atoms with van der Waals surface area (Å²) >= 11 is 0. The minimum Gasteiger partial charge on any atom is -0.393 e. The highest BCUT2D eigenvalue weighted by Gasteiger charge is 2.45. The van der Waals surface area contributed by atoms with Crippen molar-refractivity contribution < 1.29 is 14.6 Å². The summed E-state index contributed by atoms with van der Waals surface area (Å²) in [5.74, 6) is 5.01. The maximum atomic E-state index is 11.8. The standard InChI is InChI=1S/C11H21N3O3/c1-17-6-10(11(16)13-12)14-7-2-3-8(14)5-9(15)4-7/h7-10,15H,2-6,12H2,1H3,(H,13,16). The smallest absolute Gasteiger partial charge is 0.253 e. The van der Waals surface area contributed by atoms with Crippen LogP contribution in [0.3, 0.4) is 0 Å². The van der Waals surface area contributed by atoms with Crippen LogP contribution in [0.15, 0.2) is 0 Å². The molecule has 6 heteroatoms. The monoisotopic (exact) mass is 243 g/mol. The molecule has 2 fully saturated rings. The molecule has 2 aliphatic rings. The maximum absolute atomic E-state index is 11.8. The summed E-state index contributed by atoms with van der Waals surface area (Å²) in [6.45, 7) is 0.339. The molecule has 2 aliphatic heterocycles. The lowest BCUT2D eigenvalue weighted by atomic mass is 9.97. The van der Waals surface area contributed by atoms with Crippen LogP contribution < -0.4 is 11.3 Å². The Morgan fingerprint density at radius 1 is 1.53 bits per heavy atom. The molecule has 0 aromatic carbocycles. The van der Waals surface area contributed by atoms with Crippen molar-refractivity contribution in [2.45, 2.75) is 49.9 Å². The van der Waals surface area contributed by atoms with Crippen LogP contribution in [0.4, 0.5) is 0 Å². The molecular weight excluding hydrogens is 222 g/mol. The van der Waals surface area contributed by atoms with E-state index in [0.29, 0.717) is 6.61 Å². The lowest BCUT2D eigenvalue weighted by molar-refractivity contribution is -0.132. The first-order valence-electron chi connectivity index (χ1n) is 6.12. The van der Waals surface area contributed by atoms with Gasteiger partial charge in [0.2, 0.25) is 0 Å². The number of aliphatic hydroxyl groups is 1. The first-order valence-corrected chi connectivity index (χ1v) is 6.12. The molecular formula is C11H21N3O3. The minimum absolute atomic E-state index is 0.208. The predicted octanol–water partition coefficient (Wildman–Crippen LogP) is -1.02. The molecule has 4 N–H and O–H groups in total. The van der Waals surface area contributed by atoms with Gasteiger partial charge in [-0.25, -0.2) is 5.84 Å². The number of carbonyl (C=O) groups excluding carboxylic acids is 1. The van der Waals surface area contributed by atoms with Gasteiger partial charge in [0.1, 0.15) is 6.04 Å². The highest BCUT2D eigenvalue weighted by atomic mass is 16.5. The number of fused-ring (bicyclic) bond motifs is 2. The second-order valence-corrected chi connectivity index (χ2v) is 4.94. The Labute approximate surface area is 101 Å². The number of aliphatic hydroxyl groups excluding tert-OH is 1. The van der Waals surface area contributed by atoms with Crippen molar-refractivity contribution >= 4 is 5.91 Å². The number of piperidine rings is 1. The Kier molecular flexibility index (Phi) is 3.98. The molecule has 0 saturated carbocycles. The number of methoxy groups -OCH3 is 1. The van der Waals surface area contributed by atoms with Gasteiger partial charge >= 0.3 is 0 Å². The van der Waals surface area contributed by atoms with Crippen molar-refractivity contribution in [3.05, 3.63) is 0 Å². The van der Waals surface area contributed by atoms with Crippen LogP contribution in [0.1, 0.15) is 25.7 Å². The van der Waals surface area contributed by atoms with Crippen LogP contribution in [0, 0.1) is 0 Å². The Morgan fingerprint density at radius 3 is 2.59 bits per heavy atom. The third kappa shape index (κ3) is 2.44. The van der Waals surface area contributed by atoms with Crippen LogP contribution in [0.25, 0.3) is 0 Å². The molecule has 0 aromatic heterocycles. The zero-order valence-corrected chi connectivity index (χ0v) is 10.1. The third-order valence-corrected chi connectivity index (χ3v) is 3.89. The van der Waals surface area contributed by atoms with Gasteiger partial charge in [-0.1, -0.05) is 0 Å². The molecule has 2 saturated heterocycles. The van der Waals surface area contributed by atoms with Crippen LogP contribution >= 0.6 is 0 Å². The number of hydrogen-bond acceptors (Lipinski definition) is 5. The molecule has 2 bridgehead atoms. The summed E-state index contributed by atoms with van der Waals surface area (Å²) in [5.41, 5.74) is 2.20. The highest BCUT2D eigenvalue weighted by molar-refractivity contribution is 5.81. The summed E-state index contributed by atoms with van der Waals surface area (Å²) in [4.78, 5) is 14.0. The Bertz CT molecular complexity index is 273. The third-order valence-electron chi connectivity index (χ3n) is 3.89. The largest absolute Gasteiger partial charge is 0.393 e. The fourth-order valence-corrected chi connectivity index (χ4v) is 3.24. The van der Waals surface area contributed by atoms with E-state index in [1.54, 1.807) is 7.11 Å². The number of nitrogens with one attached hydrogen (secondary N) is 1. The van der Waals surface area contributed by atoms with Gasteiger partial charge in [0.15, 0.2) is 0 Å². The lowest BCUT2D eigenvalue weighted by Gasteiger charge is -2.41. The quantitative estimate of drug-likeness (QED) is 0.334. The van der Waals surface area contributed by atoms with Gasteiger partial charge < -0.3 is 9.84 Å². The molecule has 3 unspecified atom stereocenters. The van der Waals surface area contributed by atoms with Gasteiger partial charge in [0, 0.05) is 19.2 Å². The number of nitrogens with two attached hydrogens (primary N) is 1. The van der Waals surface area contributed by atoms with Gasteiger partial charge in [0.25, 0.3) is 5.91 Å². The summed E-state index contributed by atoms with van der Waals surface area (Å²) < 4.78 is 5.11. The molecule has 1 amide bonds. The SMILES string of the molecule is COCC(C(=O)NN)N1C2CCC1CC(O)C2. The van der Waals surface area contributed by atoms with Gasteiger partial charge in [-0.15, -0.1) is 0 Å². The van der Waals surface area contributed by atoms with Crippen LogP contribution in [-0.4, -0.2) is 53.9 Å². The number of hydrazine groups is 1. The van der Waals surface area contributed by atoms with E-state index in [2.05, 4.69) is 10.3 Å². The van der Waals surface area contributed by atoms with E-state index in [4.69, 9.17) is 10.6 Å². The number of rotatable bonds is 4. The number of amides is 1. The van der Waals surface area contributed by atoms with Crippen LogP contribution in [0.2, 0.25) is 0 Å². The molecule has 3 atom stereocenters. The second-order valence-electron chi connectivity index (χ2n) is 4.94. The summed E-state index contributed by atoms with van der Waals surface area (Å²) in [6.07, 6.45) is 3.34. The van der Waals surface area contributed by atoms with Crippen molar-refractivity contribution in [2.24, 2.45) is 5.84 Å². The van der Waals surface area contributed by atoms with E-state index in [1.807, 2.05) is 0 Å². The predicted molar refractivity (Wildman–Crippen MR) is 61.9 cm³/mol. The molecule has 0 aromatic rings. The first-order chi connectivity index (χ1) is 8.17. The topological polar surface area (TPSA) is 87.8 Å². The Morgan fingerprint density at radius 2 is 2.12 bits per heavy atom.